The van der Waals surface area contributed by atoms with Crippen molar-refractivity contribution >= 4 is 32.5 Å². The van der Waals surface area contributed by atoms with Gasteiger partial charge in [-0.05, 0) is 6.07 Å². The van der Waals surface area contributed by atoms with E-state index in [1.807, 2.05) is 0 Å². The van der Waals surface area contributed by atoms with Crippen molar-refractivity contribution in [1.82, 2.24) is 9.55 Å². The molecular weight excluding hydrogens is 278 g/mol. The number of anilines is 1. The molecule has 0 fully saturated rings. The van der Waals surface area contributed by atoms with Crippen LogP contribution in [-0.2, 0) is 17.1 Å². The number of sulfonamides is 1. The zero-order chi connectivity index (χ0) is 13.3. The second-order valence-electron chi connectivity index (χ2n) is 3.42. The van der Waals surface area contributed by atoms with Gasteiger partial charge in [-0.2, -0.15) is 0 Å². The minimum Gasteiger partial charge on any atom is -0.477 e. The van der Waals surface area contributed by atoms with Crippen LogP contribution in [0.5, 0.6) is 0 Å². The molecule has 18 heavy (non-hydrogen) atoms. The number of hydrogen-bond donors (Lipinski definition) is 2. The van der Waals surface area contributed by atoms with Gasteiger partial charge < -0.3 is 9.67 Å². The Morgan fingerprint density at radius 2 is 2.28 bits per heavy atom. The summed E-state index contributed by atoms with van der Waals surface area (Å²) in [6.45, 7) is 0. The van der Waals surface area contributed by atoms with Crippen LogP contribution in [0.2, 0.25) is 0 Å². The van der Waals surface area contributed by atoms with Gasteiger partial charge in [-0.1, -0.05) is 0 Å². The molecule has 0 unspecified atom stereocenters. The van der Waals surface area contributed by atoms with Gasteiger partial charge in [0.2, 0.25) is 0 Å². The summed E-state index contributed by atoms with van der Waals surface area (Å²) in [5, 5.41) is 10.7. The number of carboxylic acids is 1. The largest absolute Gasteiger partial charge is 0.477 e. The lowest BCUT2D eigenvalue weighted by atomic mass is 10.4. The maximum Gasteiger partial charge on any atom is 0.352 e. The van der Waals surface area contributed by atoms with Gasteiger partial charge in [-0.15, -0.1) is 11.3 Å². The first-order valence-corrected chi connectivity index (χ1v) is 7.08. The van der Waals surface area contributed by atoms with Gasteiger partial charge in [0.15, 0.2) is 5.13 Å². The Balaban J connectivity index is 2.36. The van der Waals surface area contributed by atoms with Gasteiger partial charge in [0.25, 0.3) is 10.0 Å². The van der Waals surface area contributed by atoms with E-state index in [1.54, 1.807) is 5.38 Å². The van der Waals surface area contributed by atoms with Gasteiger partial charge >= 0.3 is 5.97 Å². The third kappa shape index (κ3) is 2.36. The second-order valence-corrected chi connectivity index (χ2v) is 6.00. The smallest absolute Gasteiger partial charge is 0.352 e. The minimum atomic E-state index is -3.80. The van der Waals surface area contributed by atoms with E-state index in [9.17, 15) is 13.2 Å². The third-order valence-electron chi connectivity index (χ3n) is 2.16. The SMILES string of the molecule is Cn1cc(S(=O)(=O)Nc2nccs2)cc1C(=O)O. The van der Waals surface area contributed by atoms with Crippen molar-refractivity contribution in [2.75, 3.05) is 4.72 Å². The highest BCUT2D eigenvalue weighted by Crippen LogP contribution is 2.19. The Labute approximate surface area is 107 Å². The van der Waals surface area contributed by atoms with Crippen molar-refractivity contribution in [2.24, 2.45) is 7.05 Å². The van der Waals surface area contributed by atoms with E-state index >= 15 is 0 Å². The van der Waals surface area contributed by atoms with Crippen molar-refractivity contribution < 1.29 is 18.3 Å². The molecule has 0 aliphatic carbocycles. The van der Waals surface area contributed by atoms with Crippen LogP contribution in [0.25, 0.3) is 0 Å². The lowest BCUT2D eigenvalue weighted by Gasteiger charge is -2.01. The average Bonchev–Trinajstić information content (AvgIpc) is 2.86. The molecule has 2 N–H and O–H groups in total. The highest BCUT2D eigenvalue weighted by molar-refractivity contribution is 7.93. The zero-order valence-electron chi connectivity index (χ0n) is 9.19. The van der Waals surface area contributed by atoms with E-state index in [0.29, 0.717) is 0 Å². The molecule has 0 saturated carbocycles. The number of aryl methyl sites for hydroxylation is 1. The van der Waals surface area contributed by atoms with E-state index in [-0.39, 0.29) is 15.7 Å². The summed E-state index contributed by atoms with van der Waals surface area (Å²) in [4.78, 5) is 14.5. The summed E-state index contributed by atoms with van der Waals surface area (Å²) in [7, 11) is -2.34. The number of hydrogen-bond acceptors (Lipinski definition) is 5. The maximum atomic E-state index is 11.9. The predicted octanol–water partition coefficient (Wildman–Crippen LogP) is 0.981. The molecule has 2 aromatic rings. The van der Waals surface area contributed by atoms with E-state index < -0.39 is 16.0 Å². The van der Waals surface area contributed by atoms with Crippen LogP contribution in [0.1, 0.15) is 10.5 Å². The molecule has 0 aliphatic rings. The highest BCUT2D eigenvalue weighted by Gasteiger charge is 2.20. The number of aromatic carboxylic acids is 1. The van der Waals surface area contributed by atoms with Crippen LogP contribution in [0, 0.1) is 0 Å². The lowest BCUT2D eigenvalue weighted by Crippen LogP contribution is -2.11. The molecular formula is C9H9N3O4S2. The van der Waals surface area contributed by atoms with E-state index in [0.717, 1.165) is 17.4 Å². The number of aromatic nitrogens is 2. The summed E-state index contributed by atoms with van der Waals surface area (Å²) < 4.78 is 27.4. The molecule has 2 aromatic heterocycles. The summed E-state index contributed by atoms with van der Waals surface area (Å²) in [5.74, 6) is -1.19. The topological polar surface area (TPSA) is 101 Å². The fourth-order valence-electron chi connectivity index (χ4n) is 1.34. The number of carbonyl (C=O) groups is 1. The van der Waals surface area contributed by atoms with Crippen LogP contribution in [0.3, 0.4) is 0 Å². The minimum absolute atomic E-state index is 0.102. The van der Waals surface area contributed by atoms with Gasteiger partial charge in [-0.25, -0.2) is 18.2 Å². The Morgan fingerprint density at radius 3 is 2.78 bits per heavy atom. The van der Waals surface area contributed by atoms with E-state index in [2.05, 4.69) is 9.71 Å². The third-order valence-corrected chi connectivity index (χ3v) is 4.29. The summed E-state index contributed by atoms with van der Waals surface area (Å²) in [6, 6.07) is 1.10. The van der Waals surface area contributed by atoms with Crippen LogP contribution < -0.4 is 4.72 Å². The average molecular weight is 287 g/mol. The first-order chi connectivity index (χ1) is 8.40. The van der Waals surface area contributed by atoms with Crippen molar-refractivity contribution in [3.8, 4) is 0 Å². The molecule has 0 aliphatic heterocycles. The first kappa shape index (κ1) is 12.6. The van der Waals surface area contributed by atoms with Gasteiger partial charge in [0.1, 0.15) is 10.6 Å². The molecule has 2 rings (SSSR count). The molecule has 0 bridgehead atoms. The summed E-state index contributed by atoms with van der Waals surface area (Å²) in [5.41, 5.74) is -0.102. The first-order valence-electron chi connectivity index (χ1n) is 4.72. The molecule has 9 heteroatoms. The van der Waals surface area contributed by atoms with Crippen molar-refractivity contribution in [2.45, 2.75) is 4.90 Å². The van der Waals surface area contributed by atoms with Crippen LogP contribution >= 0.6 is 11.3 Å². The molecule has 0 amide bonds. The molecule has 0 spiro atoms. The molecule has 0 atom stereocenters. The molecule has 2 heterocycles. The Hall–Kier alpha value is -1.87. The maximum absolute atomic E-state index is 11.9. The second kappa shape index (κ2) is 4.42. The van der Waals surface area contributed by atoms with E-state index in [1.165, 1.54) is 24.0 Å². The van der Waals surface area contributed by atoms with Crippen molar-refractivity contribution in [1.29, 1.82) is 0 Å². The van der Waals surface area contributed by atoms with E-state index in [4.69, 9.17) is 5.11 Å². The number of carboxylic acid groups (broad SMARTS) is 1. The molecule has 96 valence electrons. The molecule has 0 radical (unpaired) electrons. The highest BCUT2D eigenvalue weighted by atomic mass is 32.2. The number of rotatable bonds is 4. The van der Waals surface area contributed by atoms with Crippen molar-refractivity contribution in [3.63, 3.8) is 0 Å². The monoisotopic (exact) mass is 287 g/mol. The fourth-order valence-corrected chi connectivity index (χ4v) is 3.20. The molecule has 7 nitrogen and oxygen atoms in total. The fraction of sp³-hybridized carbons (Fsp3) is 0.111. The normalized spacial score (nSPS) is 11.4. The van der Waals surface area contributed by atoms with Gasteiger partial charge in [-0.3, -0.25) is 4.72 Å². The number of nitrogens with zero attached hydrogens (tertiary/aromatic N) is 2. The predicted molar refractivity (Wildman–Crippen MR) is 65.3 cm³/mol. The lowest BCUT2D eigenvalue weighted by molar-refractivity contribution is 0.0686. The summed E-state index contributed by atoms with van der Waals surface area (Å²) >= 11 is 1.14. The quantitative estimate of drug-likeness (QED) is 0.873. The van der Waals surface area contributed by atoms with Crippen LogP contribution in [-0.4, -0.2) is 29.0 Å². The van der Waals surface area contributed by atoms with Crippen LogP contribution in [0.15, 0.2) is 28.7 Å². The standard InChI is InChI=1S/C9H9N3O4S2/c1-12-5-6(4-7(12)8(13)14)18(15,16)11-9-10-2-3-17-9/h2-5H,1H3,(H,10,11)(H,13,14). The Bertz CT molecular complexity index is 673. The number of thiazole rings is 1. The zero-order valence-corrected chi connectivity index (χ0v) is 10.8. The van der Waals surface area contributed by atoms with Crippen LogP contribution in [0.4, 0.5) is 5.13 Å². The van der Waals surface area contributed by atoms with Gasteiger partial charge in [0, 0.05) is 24.8 Å². The van der Waals surface area contributed by atoms with Gasteiger partial charge in [0.05, 0.1) is 0 Å². The van der Waals surface area contributed by atoms with Crippen molar-refractivity contribution in [3.05, 3.63) is 29.5 Å². The Kier molecular flexibility index (Phi) is 3.09. The summed E-state index contributed by atoms with van der Waals surface area (Å²) in [6.07, 6.45) is 2.70. The number of nitrogens with one attached hydrogen (secondary N) is 1. The molecule has 0 saturated heterocycles. The molecule has 0 aromatic carbocycles. The Morgan fingerprint density at radius 1 is 1.56 bits per heavy atom.